The van der Waals surface area contributed by atoms with Crippen LogP contribution in [-0.2, 0) is 35.2 Å². The molecule has 0 spiro atoms. The highest BCUT2D eigenvalue weighted by Gasteiger charge is 2.35. The molecular formula is C19H15F3N2O3S. The van der Waals surface area contributed by atoms with Gasteiger partial charge in [0.25, 0.3) is 0 Å². The second kappa shape index (κ2) is 8.10. The van der Waals surface area contributed by atoms with E-state index < -0.39 is 28.8 Å². The van der Waals surface area contributed by atoms with E-state index in [0.29, 0.717) is 17.8 Å². The Morgan fingerprint density at radius 2 is 2.00 bits per heavy atom. The van der Waals surface area contributed by atoms with Crippen LogP contribution in [0.15, 0.2) is 34.1 Å². The van der Waals surface area contributed by atoms with Crippen molar-refractivity contribution in [1.29, 1.82) is 5.26 Å². The highest BCUT2D eigenvalue weighted by atomic mass is 32.2. The Morgan fingerprint density at radius 3 is 2.71 bits per heavy atom. The maximum absolute atomic E-state index is 13.0. The molecule has 1 aromatic carbocycles. The number of aromatic amines is 1. The molecule has 0 saturated carbocycles. The van der Waals surface area contributed by atoms with Crippen LogP contribution >= 0.6 is 11.8 Å². The number of halogens is 3. The Kier molecular flexibility index (Phi) is 5.79. The molecule has 0 bridgehead atoms. The zero-order chi connectivity index (χ0) is 20.3. The van der Waals surface area contributed by atoms with Crippen molar-refractivity contribution in [2.45, 2.75) is 37.1 Å². The summed E-state index contributed by atoms with van der Waals surface area (Å²) in [5.41, 5.74) is 0.326. The van der Waals surface area contributed by atoms with E-state index in [4.69, 9.17) is 10.00 Å². The van der Waals surface area contributed by atoms with Crippen LogP contribution < -0.4 is 5.56 Å². The predicted octanol–water partition coefficient (Wildman–Crippen LogP) is 3.59. The summed E-state index contributed by atoms with van der Waals surface area (Å²) >= 11 is 0.627. The Labute approximate surface area is 162 Å². The zero-order valence-corrected chi connectivity index (χ0v) is 15.4. The Bertz CT molecular complexity index is 1010. The smallest absolute Gasteiger partial charge is 0.417 e. The van der Waals surface area contributed by atoms with Crippen molar-refractivity contribution in [1.82, 2.24) is 4.98 Å². The van der Waals surface area contributed by atoms with Gasteiger partial charge in [0.1, 0.15) is 12.7 Å². The second-order valence-corrected chi connectivity index (χ2v) is 7.25. The molecule has 0 unspecified atom stereocenters. The molecule has 1 N–H and O–H groups in total. The number of aromatic nitrogens is 1. The fourth-order valence-corrected chi connectivity index (χ4v) is 3.85. The quantitative estimate of drug-likeness (QED) is 0.604. The Morgan fingerprint density at radius 1 is 1.25 bits per heavy atom. The summed E-state index contributed by atoms with van der Waals surface area (Å²) in [5.74, 6) is -0.996. The first-order chi connectivity index (χ1) is 13.3. The summed E-state index contributed by atoms with van der Waals surface area (Å²) in [5, 5.41) is 8.74. The van der Waals surface area contributed by atoms with Gasteiger partial charge in [-0.25, -0.2) is 0 Å². The maximum atomic E-state index is 13.0. The molecule has 5 nitrogen and oxygen atoms in total. The number of fused-ring (bicyclic) bond motifs is 1. The number of carbonyl (C=O) groups is 1. The third kappa shape index (κ3) is 4.57. The molecule has 2 aromatic rings. The molecule has 1 heterocycles. The average molecular weight is 408 g/mol. The van der Waals surface area contributed by atoms with Gasteiger partial charge in [0, 0.05) is 6.07 Å². The molecule has 9 heteroatoms. The Balaban J connectivity index is 1.64. The molecule has 1 aromatic heterocycles. The van der Waals surface area contributed by atoms with Gasteiger partial charge in [0.2, 0.25) is 5.56 Å². The molecule has 1 aliphatic rings. The van der Waals surface area contributed by atoms with E-state index in [1.807, 2.05) is 18.2 Å². The van der Waals surface area contributed by atoms with Crippen molar-refractivity contribution < 1.29 is 22.7 Å². The van der Waals surface area contributed by atoms with Gasteiger partial charge in [-0.3, -0.25) is 9.59 Å². The van der Waals surface area contributed by atoms with E-state index >= 15 is 0 Å². The van der Waals surface area contributed by atoms with E-state index in [2.05, 4.69) is 4.98 Å². The van der Waals surface area contributed by atoms with Crippen LogP contribution in [0.5, 0.6) is 0 Å². The number of rotatable bonds is 5. The lowest BCUT2D eigenvalue weighted by Gasteiger charge is -2.11. The van der Waals surface area contributed by atoms with Crippen LogP contribution in [0.3, 0.4) is 0 Å². The topological polar surface area (TPSA) is 83.0 Å². The summed E-state index contributed by atoms with van der Waals surface area (Å²) < 4.78 is 44.1. The highest BCUT2D eigenvalue weighted by molar-refractivity contribution is 7.99. The number of carbonyl (C=O) groups excluding carboxylic acids is 1. The number of ether oxygens (including phenoxy) is 1. The van der Waals surface area contributed by atoms with Crippen molar-refractivity contribution in [3.8, 4) is 6.07 Å². The SMILES string of the molecule is N#Cc1c(C(F)(F)F)cc(=O)[nH]c1SCC(=O)OCc1ccc2c(c1)CCC2. The van der Waals surface area contributed by atoms with Crippen LogP contribution in [0.1, 0.15) is 34.2 Å². The molecule has 0 fully saturated rings. The van der Waals surface area contributed by atoms with Gasteiger partial charge < -0.3 is 9.72 Å². The van der Waals surface area contributed by atoms with E-state index in [1.54, 1.807) is 0 Å². The van der Waals surface area contributed by atoms with Gasteiger partial charge in [0.15, 0.2) is 0 Å². The van der Waals surface area contributed by atoms with Gasteiger partial charge in [-0.1, -0.05) is 30.0 Å². The number of benzene rings is 1. The van der Waals surface area contributed by atoms with Gasteiger partial charge in [-0.2, -0.15) is 18.4 Å². The largest absolute Gasteiger partial charge is 0.460 e. The van der Waals surface area contributed by atoms with Crippen LogP contribution in [0.2, 0.25) is 0 Å². The van der Waals surface area contributed by atoms with Crippen molar-refractivity contribution in [3.63, 3.8) is 0 Å². The molecule has 146 valence electrons. The summed E-state index contributed by atoms with van der Waals surface area (Å²) in [6.45, 7) is 0.0525. The van der Waals surface area contributed by atoms with Gasteiger partial charge >= 0.3 is 12.1 Å². The van der Waals surface area contributed by atoms with Crippen LogP contribution in [-0.4, -0.2) is 16.7 Å². The van der Waals surface area contributed by atoms with E-state index in [-0.39, 0.29) is 17.4 Å². The minimum atomic E-state index is -4.84. The number of nitrogens with zero attached hydrogens (tertiary/aromatic N) is 1. The summed E-state index contributed by atoms with van der Waals surface area (Å²) in [6, 6.07) is 7.64. The lowest BCUT2D eigenvalue weighted by atomic mass is 10.1. The third-order valence-electron chi connectivity index (χ3n) is 4.32. The number of nitrogens with one attached hydrogen (secondary N) is 1. The molecular weight excluding hydrogens is 393 g/mol. The maximum Gasteiger partial charge on any atom is 0.417 e. The first kappa shape index (κ1) is 20.0. The lowest BCUT2D eigenvalue weighted by Crippen LogP contribution is -2.17. The number of alkyl halides is 3. The van der Waals surface area contributed by atoms with Crippen LogP contribution in [0, 0.1) is 11.3 Å². The third-order valence-corrected chi connectivity index (χ3v) is 5.30. The summed E-state index contributed by atoms with van der Waals surface area (Å²) in [6.07, 6.45) is -1.70. The first-order valence-electron chi connectivity index (χ1n) is 8.41. The highest BCUT2D eigenvalue weighted by Crippen LogP contribution is 2.34. The molecule has 3 rings (SSSR count). The summed E-state index contributed by atoms with van der Waals surface area (Å²) in [7, 11) is 0. The average Bonchev–Trinajstić information content (AvgIpc) is 3.11. The number of pyridine rings is 1. The monoisotopic (exact) mass is 408 g/mol. The number of nitriles is 1. The number of hydrogen-bond donors (Lipinski definition) is 1. The van der Waals surface area contributed by atoms with Crippen molar-refractivity contribution in [2.75, 3.05) is 5.75 Å². The van der Waals surface area contributed by atoms with Gasteiger partial charge in [0.05, 0.1) is 21.9 Å². The van der Waals surface area contributed by atoms with E-state index in [1.165, 1.54) is 17.2 Å². The molecule has 1 aliphatic carbocycles. The summed E-state index contributed by atoms with van der Waals surface area (Å²) in [4.78, 5) is 25.6. The fraction of sp³-hybridized carbons (Fsp3) is 0.316. The molecule has 0 saturated heterocycles. The second-order valence-electron chi connectivity index (χ2n) is 6.27. The lowest BCUT2D eigenvalue weighted by molar-refractivity contribution is -0.141. The van der Waals surface area contributed by atoms with E-state index in [9.17, 15) is 22.8 Å². The normalized spacial score (nSPS) is 13.1. The minimum Gasteiger partial charge on any atom is -0.460 e. The van der Waals surface area contributed by atoms with Gasteiger partial charge in [-0.05, 0) is 36.0 Å². The number of thioether (sulfide) groups is 1. The standard InChI is InChI=1S/C19H15F3N2O3S/c20-19(21,22)15-7-16(25)24-18(14(15)8-23)28-10-17(26)27-9-11-4-5-12-2-1-3-13(12)6-11/h4-7H,1-3,9-10H2,(H,24,25). The minimum absolute atomic E-state index is 0.0525. The van der Waals surface area contributed by atoms with Crippen LogP contribution in [0.25, 0.3) is 0 Å². The van der Waals surface area contributed by atoms with Gasteiger partial charge in [-0.15, -0.1) is 0 Å². The van der Waals surface area contributed by atoms with E-state index in [0.717, 1.165) is 24.8 Å². The number of esters is 1. The van der Waals surface area contributed by atoms with Crippen LogP contribution in [0.4, 0.5) is 13.2 Å². The zero-order valence-electron chi connectivity index (χ0n) is 14.6. The molecule has 0 amide bonds. The molecule has 0 radical (unpaired) electrons. The fourth-order valence-electron chi connectivity index (χ4n) is 3.03. The van der Waals surface area contributed by atoms with Crippen molar-refractivity contribution in [2.24, 2.45) is 0 Å². The Hall–Kier alpha value is -2.73. The number of H-pyrrole nitrogens is 1. The molecule has 0 atom stereocenters. The molecule has 28 heavy (non-hydrogen) atoms. The number of aryl methyl sites for hydroxylation is 2. The van der Waals surface area contributed by atoms with Crippen molar-refractivity contribution in [3.05, 3.63) is 62.4 Å². The van der Waals surface area contributed by atoms with Crippen molar-refractivity contribution >= 4 is 17.7 Å². The predicted molar refractivity (Wildman–Crippen MR) is 95.8 cm³/mol. The molecule has 0 aliphatic heterocycles. The first-order valence-corrected chi connectivity index (χ1v) is 9.40. The number of hydrogen-bond acceptors (Lipinski definition) is 5.